The Balaban J connectivity index is 1.57. The number of carbonyl (C=O) groups excluding carboxylic acids is 1. The van der Waals surface area contributed by atoms with Crippen LogP contribution in [0.2, 0.25) is 0 Å². The van der Waals surface area contributed by atoms with E-state index in [1.54, 1.807) is 0 Å². The van der Waals surface area contributed by atoms with E-state index in [-0.39, 0.29) is 5.97 Å². The number of hydrogen-bond acceptors (Lipinski definition) is 3. The van der Waals surface area contributed by atoms with Gasteiger partial charge in [0, 0.05) is 6.42 Å². The highest BCUT2D eigenvalue weighted by atomic mass is 79.9. The van der Waals surface area contributed by atoms with Gasteiger partial charge in [0.15, 0.2) is 0 Å². The van der Waals surface area contributed by atoms with E-state index in [9.17, 15) is 4.79 Å². The summed E-state index contributed by atoms with van der Waals surface area (Å²) < 4.78 is 11.7. The van der Waals surface area contributed by atoms with Crippen molar-refractivity contribution in [1.29, 1.82) is 0 Å². The quantitative estimate of drug-likeness (QED) is 0.341. The Bertz CT molecular complexity index is 889. The number of carbonyl (C=O) groups is 1. The zero-order valence-corrected chi connectivity index (χ0v) is 16.7. The van der Waals surface area contributed by atoms with Crippen molar-refractivity contribution in [2.24, 2.45) is 0 Å². The molecule has 0 spiro atoms. The molecule has 0 aliphatic rings. The molecule has 27 heavy (non-hydrogen) atoms. The second-order valence-corrected chi connectivity index (χ2v) is 6.92. The van der Waals surface area contributed by atoms with Gasteiger partial charge in [-0.25, -0.2) is 0 Å². The number of esters is 1. The fourth-order valence-corrected chi connectivity index (χ4v) is 3.19. The molecule has 0 aliphatic carbocycles. The van der Waals surface area contributed by atoms with Crippen molar-refractivity contribution >= 4 is 21.9 Å². The largest absolute Gasteiger partial charge is 0.494 e. The lowest BCUT2D eigenvalue weighted by atomic mass is 10.1. The van der Waals surface area contributed by atoms with Crippen LogP contribution in [0, 0.1) is 0 Å². The number of halogens is 1. The third-order valence-electron chi connectivity index (χ3n) is 4.11. The molecule has 0 aliphatic heterocycles. The van der Waals surface area contributed by atoms with Crippen LogP contribution in [0.5, 0.6) is 11.5 Å². The molecule has 4 heteroatoms. The number of hydrogen-bond donors (Lipinski definition) is 0. The number of aryl methyl sites for hydroxylation is 1. The van der Waals surface area contributed by atoms with Crippen LogP contribution in [-0.2, 0) is 11.2 Å². The van der Waals surface area contributed by atoms with E-state index in [4.69, 9.17) is 9.47 Å². The monoisotopic (exact) mass is 424 g/mol. The molecule has 0 unspecified atom stereocenters. The first-order valence-electron chi connectivity index (χ1n) is 8.93. The molecule has 0 saturated heterocycles. The lowest BCUT2D eigenvalue weighted by molar-refractivity contribution is -0.134. The molecule has 3 aromatic rings. The minimum atomic E-state index is -0.253. The van der Waals surface area contributed by atoms with Crippen molar-refractivity contribution in [3.05, 3.63) is 82.8 Å². The van der Waals surface area contributed by atoms with Crippen LogP contribution in [0.25, 0.3) is 11.1 Å². The lowest BCUT2D eigenvalue weighted by Gasteiger charge is -2.09. The highest BCUT2D eigenvalue weighted by molar-refractivity contribution is 9.10. The molecule has 0 radical (unpaired) electrons. The van der Waals surface area contributed by atoms with Gasteiger partial charge in [-0.2, -0.15) is 0 Å². The van der Waals surface area contributed by atoms with E-state index in [0.29, 0.717) is 25.2 Å². The van der Waals surface area contributed by atoms with Gasteiger partial charge in [-0.1, -0.05) is 48.5 Å². The van der Waals surface area contributed by atoms with Gasteiger partial charge in [-0.3, -0.25) is 4.79 Å². The summed E-state index contributed by atoms with van der Waals surface area (Å²) in [6, 6.07) is 23.6. The number of rotatable bonds is 7. The van der Waals surface area contributed by atoms with Crippen LogP contribution in [0.15, 0.2) is 77.3 Å². The fraction of sp³-hybridized carbons (Fsp3) is 0.174. The fourth-order valence-electron chi connectivity index (χ4n) is 2.73. The molecule has 3 nitrogen and oxygen atoms in total. The maximum absolute atomic E-state index is 12.2. The van der Waals surface area contributed by atoms with E-state index in [1.807, 2.05) is 79.7 Å². The van der Waals surface area contributed by atoms with Gasteiger partial charge >= 0.3 is 5.97 Å². The van der Waals surface area contributed by atoms with Gasteiger partial charge in [0.25, 0.3) is 0 Å². The number of benzene rings is 3. The second kappa shape index (κ2) is 9.38. The molecule has 3 aromatic carbocycles. The molecule has 0 atom stereocenters. The maximum Gasteiger partial charge on any atom is 0.311 e. The summed E-state index contributed by atoms with van der Waals surface area (Å²) in [7, 11) is 0. The molecule has 0 heterocycles. The molecular formula is C23H21BrO3. The minimum absolute atomic E-state index is 0.253. The van der Waals surface area contributed by atoms with Gasteiger partial charge in [0.1, 0.15) is 11.5 Å². The Morgan fingerprint density at radius 1 is 0.926 bits per heavy atom. The van der Waals surface area contributed by atoms with Gasteiger partial charge in [-0.15, -0.1) is 0 Å². The predicted molar refractivity (Wildman–Crippen MR) is 111 cm³/mol. The van der Waals surface area contributed by atoms with Crippen LogP contribution in [0.1, 0.15) is 18.9 Å². The first-order chi connectivity index (χ1) is 13.2. The average molecular weight is 425 g/mol. The Morgan fingerprint density at radius 2 is 1.67 bits per heavy atom. The minimum Gasteiger partial charge on any atom is -0.494 e. The zero-order valence-electron chi connectivity index (χ0n) is 15.2. The predicted octanol–water partition coefficient (Wildman–Crippen LogP) is 6.05. The Kier molecular flexibility index (Phi) is 6.66. The first-order valence-corrected chi connectivity index (χ1v) is 9.72. The van der Waals surface area contributed by atoms with Crippen molar-refractivity contribution in [2.75, 3.05) is 6.61 Å². The SMILES string of the molecule is CCOc1ccc(CCC(=O)Oc2ccc(-c3ccccc3)cc2Br)cc1. The summed E-state index contributed by atoms with van der Waals surface area (Å²) in [5.74, 6) is 1.12. The van der Waals surface area contributed by atoms with E-state index >= 15 is 0 Å². The van der Waals surface area contributed by atoms with Crippen molar-refractivity contribution in [3.8, 4) is 22.6 Å². The topological polar surface area (TPSA) is 35.5 Å². The summed E-state index contributed by atoms with van der Waals surface area (Å²) >= 11 is 3.50. The molecule has 0 aromatic heterocycles. The molecule has 0 bridgehead atoms. The van der Waals surface area contributed by atoms with E-state index in [1.165, 1.54) is 0 Å². The molecule has 138 valence electrons. The van der Waals surface area contributed by atoms with Crippen LogP contribution < -0.4 is 9.47 Å². The van der Waals surface area contributed by atoms with E-state index in [0.717, 1.165) is 26.9 Å². The Labute approximate surface area is 168 Å². The standard InChI is InChI=1S/C23H21BrO3/c1-2-26-20-12-8-17(9-13-20)10-15-23(25)27-22-14-11-19(16-21(22)24)18-6-4-3-5-7-18/h3-9,11-14,16H,2,10,15H2,1H3. The van der Waals surface area contributed by atoms with E-state index < -0.39 is 0 Å². The Hall–Kier alpha value is -2.59. The Morgan fingerprint density at radius 3 is 2.33 bits per heavy atom. The summed E-state index contributed by atoms with van der Waals surface area (Å²) in [5, 5.41) is 0. The zero-order chi connectivity index (χ0) is 19.1. The van der Waals surface area contributed by atoms with Gasteiger partial charge in [-0.05, 0) is 70.2 Å². The maximum atomic E-state index is 12.2. The van der Waals surface area contributed by atoms with Gasteiger partial charge < -0.3 is 9.47 Å². The summed E-state index contributed by atoms with van der Waals surface area (Å²) in [4.78, 5) is 12.2. The average Bonchev–Trinajstić information content (AvgIpc) is 2.70. The van der Waals surface area contributed by atoms with Crippen molar-refractivity contribution in [1.82, 2.24) is 0 Å². The third kappa shape index (κ3) is 5.44. The van der Waals surface area contributed by atoms with Crippen LogP contribution >= 0.6 is 15.9 Å². The number of ether oxygens (including phenoxy) is 2. The van der Waals surface area contributed by atoms with Crippen LogP contribution in [0.3, 0.4) is 0 Å². The summed E-state index contributed by atoms with van der Waals surface area (Å²) in [5.41, 5.74) is 3.26. The molecule has 3 rings (SSSR count). The third-order valence-corrected chi connectivity index (χ3v) is 4.73. The summed E-state index contributed by atoms with van der Waals surface area (Å²) in [6.45, 7) is 2.60. The second-order valence-electron chi connectivity index (χ2n) is 6.06. The molecule has 0 N–H and O–H groups in total. The molecular weight excluding hydrogens is 404 g/mol. The van der Waals surface area contributed by atoms with Crippen molar-refractivity contribution < 1.29 is 14.3 Å². The van der Waals surface area contributed by atoms with Gasteiger partial charge in [0.05, 0.1) is 11.1 Å². The molecule has 0 amide bonds. The first kappa shape index (κ1) is 19.2. The molecule has 0 saturated carbocycles. The summed E-state index contributed by atoms with van der Waals surface area (Å²) in [6.07, 6.45) is 0.950. The van der Waals surface area contributed by atoms with Crippen molar-refractivity contribution in [2.45, 2.75) is 19.8 Å². The van der Waals surface area contributed by atoms with E-state index in [2.05, 4.69) is 15.9 Å². The highest BCUT2D eigenvalue weighted by Gasteiger charge is 2.10. The highest BCUT2D eigenvalue weighted by Crippen LogP contribution is 2.31. The lowest BCUT2D eigenvalue weighted by Crippen LogP contribution is -2.09. The van der Waals surface area contributed by atoms with Crippen molar-refractivity contribution in [3.63, 3.8) is 0 Å². The van der Waals surface area contributed by atoms with Crippen LogP contribution in [0.4, 0.5) is 0 Å². The van der Waals surface area contributed by atoms with Crippen LogP contribution in [-0.4, -0.2) is 12.6 Å². The normalized spacial score (nSPS) is 10.4. The molecule has 0 fully saturated rings. The smallest absolute Gasteiger partial charge is 0.311 e. The van der Waals surface area contributed by atoms with Gasteiger partial charge in [0.2, 0.25) is 0 Å².